The topological polar surface area (TPSA) is 61.8 Å². The van der Waals surface area contributed by atoms with Crippen molar-refractivity contribution in [2.75, 3.05) is 13.7 Å². The number of methoxy groups -OCH3 is 1. The molecule has 0 aliphatic rings. The van der Waals surface area contributed by atoms with Gasteiger partial charge in [0.15, 0.2) is 0 Å². The highest BCUT2D eigenvalue weighted by atomic mass is 16.7. The lowest BCUT2D eigenvalue weighted by Crippen LogP contribution is -2.14. The maximum absolute atomic E-state index is 11.5. The van der Waals surface area contributed by atoms with Crippen molar-refractivity contribution in [3.05, 3.63) is 29.8 Å². The van der Waals surface area contributed by atoms with Gasteiger partial charge in [0.1, 0.15) is 11.3 Å². The molecule has 110 valence electrons. The van der Waals surface area contributed by atoms with Crippen LogP contribution in [0.25, 0.3) is 0 Å². The second kappa shape index (κ2) is 8.96. The van der Waals surface area contributed by atoms with Crippen molar-refractivity contribution < 1.29 is 23.8 Å². The van der Waals surface area contributed by atoms with Gasteiger partial charge < -0.3 is 14.2 Å². The predicted octanol–water partition coefficient (Wildman–Crippen LogP) is 3.57. The third-order valence-corrected chi connectivity index (χ3v) is 2.70. The number of hydrogen-bond donors (Lipinski definition) is 0. The van der Waals surface area contributed by atoms with Gasteiger partial charge in [-0.05, 0) is 18.6 Å². The molecule has 0 aromatic heterocycles. The van der Waals surface area contributed by atoms with E-state index in [1.807, 2.05) is 0 Å². The minimum absolute atomic E-state index is 0.137. The van der Waals surface area contributed by atoms with E-state index in [1.54, 1.807) is 12.1 Å². The smallest absolute Gasteiger partial charge is 0.465 e. The zero-order valence-corrected chi connectivity index (χ0v) is 11.9. The molecule has 0 saturated heterocycles. The van der Waals surface area contributed by atoms with Gasteiger partial charge in [-0.15, -0.1) is 0 Å². The van der Waals surface area contributed by atoms with Crippen molar-refractivity contribution in [1.82, 2.24) is 0 Å². The lowest BCUT2D eigenvalue weighted by atomic mass is 10.2. The quantitative estimate of drug-likeness (QED) is 0.434. The van der Waals surface area contributed by atoms with E-state index in [1.165, 1.54) is 19.2 Å². The molecular formula is C15H20O5. The maximum Gasteiger partial charge on any atom is 0.513 e. The van der Waals surface area contributed by atoms with Crippen LogP contribution in [-0.4, -0.2) is 25.8 Å². The molecule has 0 aliphatic carbocycles. The second-order valence-electron chi connectivity index (χ2n) is 4.25. The Hall–Kier alpha value is -2.04. The van der Waals surface area contributed by atoms with E-state index in [0.29, 0.717) is 6.61 Å². The summed E-state index contributed by atoms with van der Waals surface area (Å²) in [5.41, 5.74) is 0.193. The number of carbonyl (C=O) groups is 2. The summed E-state index contributed by atoms with van der Waals surface area (Å²) in [6.45, 7) is 2.43. The number of unbranched alkanes of at least 4 members (excludes halogenated alkanes) is 3. The molecule has 1 aromatic carbocycles. The first-order valence-corrected chi connectivity index (χ1v) is 6.71. The summed E-state index contributed by atoms with van der Waals surface area (Å²) in [4.78, 5) is 23.0. The highest BCUT2D eigenvalue weighted by Crippen LogP contribution is 2.19. The first kappa shape index (κ1) is 16.0. The molecule has 1 aromatic rings. The van der Waals surface area contributed by atoms with Crippen LogP contribution in [0, 0.1) is 0 Å². The number of esters is 1. The Balaban J connectivity index is 2.47. The van der Waals surface area contributed by atoms with Gasteiger partial charge in [0.25, 0.3) is 0 Å². The first-order chi connectivity index (χ1) is 9.69. The fraction of sp³-hybridized carbons (Fsp3) is 0.467. The van der Waals surface area contributed by atoms with Gasteiger partial charge in [-0.3, -0.25) is 0 Å². The third-order valence-electron chi connectivity index (χ3n) is 2.70. The Morgan fingerprint density at radius 2 is 1.85 bits per heavy atom. The molecule has 0 N–H and O–H groups in total. The fourth-order valence-corrected chi connectivity index (χ4v) is 1.64. The van der Waals surface area contributed by atoms with E-state index in [4.69, 9.17) is 9.47 Å². The molecular weight excluding hydrogens is 260 g/mol. The average Bonchev–Trinajstić information content (AvgIpc) is 2.47. The number of para-hydroxylation sites is 1. The SMILES string of the molecule is CCCCCCOC(=O)Oc1ccccc1C(=O)OC. The number of rotatable bonds is 7. The van der Waals surface area contributed by atoms with E-state index in [2.05, 4.69) is 11.7 Å². The van der Waals surface area contributed by atoms with Gasteiger partial charge in [-0.25, -0.2) is 9.59 Å². The van der Waals surface area contributed by atoms with Crippen LogP contribution in [0.4, 0.5) is 4.79 Å². The van der Waals surface area contributed by atoms with Crippen molar-refractivity contribution in [1.29, 1.82) is 0 Å². The van der Waals surface area contributed by atoms with E-state index in [0.717, 1.165) is 25.7 Å². The summed E-state index contributed by atoms with van der Waals surface area (Å²) in [6.07, 6.45) is 3.25. The molecule has 0 amide bonds. The van der Waals surface area contributed by atoms with Crippen molar-refractivity contribution >= 4 is 12.1 Å². The highest BCUT2D eigenvalue weighted by molar-refractivity contribution is 5.93. The van der Waals surface area contributed by atoms with Crippen LogP contribution in [0.1, 0.15) is 43.0 Å². The Morgan fingerprint density at radius 3 is 2.55 bits per heavy atom. The summed E-state index contributed by atoms with van der Waals surface area (Å²) in [7, 11) is 1.27. The van der Waals surface area contributed by atoms with Gasteiger partial charge >= 0.3 is 12.1 Å². The van der Waals surface area contributed by atoms with Crippen molar-refractivity contribution in [2.45, 2.75) is 32.6 Å². The average molecular weight is 280 g/mol. The minimum atomic E-state index is -0.808. The molecule has 5 heteroatoms. The summed E-state index contributed by atoms with van der Waals surface area (Å²) < 4.78 is 14.6. The van der Waals surface area contributed by atoms with E-state index < -0.39 is 12.1 Å². The van der Waals surface area contributed by atoms with E-state index >= 15 is 0 Å². The van der Waals surface area contributed by atoms with Crippen LogP contribution in [0.5, 0.6) is 5.75 Å². The van der Waals surface area contributed by atoms with E-state index in [9.17, 15) is 9.59 Å². The summed E-state index contributed by atoms with van der Waals surface area (Å²) in [5.74, 6) is -0.422. The Bertz CT molecular complexity index is 442. The van der Waals surface area contributed by atoms with Gasteiger partial charge in [0, 0.05) is 0 Å². The van der Waals surface area contributed by atoms with Crippen LogP contribution >= 0.6 is 0 Å². The highest BCUT2D eigenvalue weighted by Gasteiger charge is 2.15. The zero-order chi connectivity index (χ0) is 14.8. The zero-order valence-electron chi connectivity index (χ0n) is 11.9. The molecule has 0 saturated carbocycles. The molecule has 0 atom stereocenters. The second-order valence-corrected chi connectivity index (χ2v) is 4.25. The van der Waals surface area contributed by atoms with Crippen molar-refractivity contribution in [2.24, 2.45) is 0 Å². The number of carbonyl (C=O) groups excluding carboxylic acids is 2. The molecule has 0 aliphatic heterocycles. The third kappa shape index (κ3) is 5.30. The number of benzene rings is 1. The molecule has 0 unspecified atom stereocenters. The predicted molar refractivity (Wildman–Crippen MR) is 73.9 cm³/mol. The van der Waals surface area contributed by atoms with Crippen molar-refractivity contribution in [3.63, 3.8) is 0 Å². The largest absolute Gasteiger partial charge is 0.513 e. The molecule has 0 bridgehead atoms. The first-order valence-electron chi connectivity index (χ1n) is 6.71. The summed E-state index contributed by atoms with van der Waals surface area (Å²) in [6, 6.07) is 6.37. The molecule has 0 heterocycles. The Morgan fingerprint density at radius 1 is 1.10 bits per heavy atom. The van der Waals surface area contributed by atoms with Crippen LogP contribution in [0.2, 0.25) is 0 Å². The maximum atomic E-state index is 11.5. The molecule has 5 nitrogen and oxygen atoms in total. The molecule has 1 rings (SSSR count). The molecule has 20 heavy (non-hydrogen) atoms. The van der Waals surface area contributed by atoms with Gasteiger partial charge in [0.05, 0.1) is 13.7 Å². The monoisotopic (exact) mass is 280 g/mol. The molecule has 0 spiro atoms. The van der Waals surface area contributed by atoms with Crippen LogP contribution in [0.15, 0.2) is 24.3 Å². The number of hydrogen-bond acceptors (Lipinski definition) is 5. The van der Waals surface area contributed by atoms with Gasteiger partial charge in [-0.1, -0.05) is 38.3 Å². The van der Waals surface area contributed by atoms with Crippen LogP contribution < -0.4 is 4.74 Å². The van der Waals surface area contributed by atoms with Gasteiger partial charge in [0.2, 0.25) is 0 Å². The van der Waals surface area contributed by atoms with Crippen LogP contribution in [0.3, 0.4) is 0 Å². The molecule has 0 fully saturated rings. The lowest BCUT2D eigenvalue weighted by Gasteiger charge is -2.08. The fourth-order valence-electron chi connectivity index (χ4n) is 1.64. The summed E-state index contributed by atoms with van der Waals surface area (Å²) >= 11 is 0. The Labute approximate surface area is 118 Å². The normalized spacial score (nSPS) is 9.90. The van der Waals surface area contributed by atoms with E-state index in [-0.39, 0.29) is 11.3 Å². The van der Waals surface area contributed by atoms with Crippen LogP contribution in [-0.2, 0) is 9.47 Å². The molecule has 0 radical (unpaired) electrons. The minimum Gasteiger partial charge on any atom is -0.465 e. The lowest BCUT2D eigenvalue weighted by molar-refractivity contribution is 0.0594. The standard InChI is InChI=1S/C15H20O5/c1-3-4-5-8-11-19-15(17)20-13-10-7-6-9-12(13)14(16)18-2/h6-7,9-10H,3-5,8,11H2,1-2H3. The summed E-state index contributed by atoms with van der Waals surface area (Å²) in [5, 5.41) is 0. The Kier molecular flexibility index (Phi) is 7.17. The van der Waals surface area contributed by atoms with Crippen molar-refractivity contribution in [3.8, 4) is 5.75 Å². The number of ether oxygens (including phenoxy) is 3. The van der Waals surface area contributed by atoms with Gasteiger partial charge in [-0.2, -0.15) is 0 Å².